The Morgan fingerprint density at radius 2 is 1.59 bits per heavy atom. The van der Waals surface area contributed by atoms with Crippen LogP contribution in [0.25, 0.3) is 0 Å². The van der Waals surface area contributed by atoms with E-state index in [1.165, 1.54) is 36.4 Å². The molecule has 0 spiro atoms. The van der Waals surface area contributed by atoms with Gasteiger partial charge >= 0.3 is 0 Å². The van der Waals surface area contributed by atoms with Gasteiger partial charge in [0.05, 0.1) is 11.7 Å². The lowest BCUT2D eigenvalue weighted by atomic mass is 10.1. The van der Waals surface area contributed by atoms with Crippen LogP contribution in [0.1, 0.15) is 17.3 Å². The lowest BCUT2D eigenvalue weighted by Gasteiger charge is -2.37. The van der Waals surface area contributed by atoms with Crippen LogP contribution >= 0.6 is 0 Å². The maximum absolute atomic E-state index is 13.7. The van der Waals surface area contributed by atoms with Gasteiger partial charge in [0.15, 0.2) is 0 Å². The van der Waals surface area contributed by atoms with Gasteiger partial charge in [-0.1, -0.05) is 12.1 Å². The molecule has 1 unspecified atom stereocenters. The molecule has 142 valence electrons. The highest BCUT2D eigenvalue weighted by atomic mass is 19.1. The summed E-state index contributed by atoms with van der Waals surface area (Å²) in [6.45, 7) is 3.74. The molecule has 0 radical (unpaired) electrons. The molecule has 1 N–H and O–H groups in total. The van der Waals surface area contributed by atoms with E-state index in [1.807, 2.05) is 4.90 Å². The Morgan fingerprint density at radius 3 is 2.22 bits per heavy atom. The molecule has 1 aliphatic heterocycles. The van der Waals surface area contributed by atoms with Crippen LogP contribution in [0.4, 0.5) is 14.5 Å². The van der Waals surface area contributed by atoms with Gasteiger partial charge in [-0.2, -0.15) is 0 Å². The second kappa shape index (κ2) is 8.26. The topological polar surface area (TPSA) is 52.7 Å². The van der Waals surface area contributed by atoms with Crippen molar-refractivity contribution >= 4 is 17.5 Å². The van der Waals surface area contributed by atoms with E-state index < -0.39 is 11.9 Å². The fourth-order valence-corrected chi connectivity index (χ4v) is 3.05. The molecule has 3 rings (SSSR count). The van der Waals surface area contributed by atoms with Crippen molar-refractivity contribution in [3.8, 4) is 0 Å². The first kappa shape index (κ1) is 19.0. The standard InChI is InChI=1S/C20H21F2N3O2/c1-14(19(26)23-18-5-3-2-4-17(18)22)24-10-12-25(13-11-24)20(27)15-6-8-16(21)9-7-15/h2-9,14H,10-13H2,1H3,(H,23,26). The number of rotatable bonds is 4. The third kappa shape index (κ3) is 4.49. The average molecular weight is 373 g/mol. The lowest BCUT2D eigenvalue weighted by Crippen LogP contribution is -2.54. The van der Waals surface area contributed by atoms with Crippen LogP contribution in [0.2, 0.25) is 0 Å². The smallest absolute Gasteiger partial charge is 0.253 e. The number of nitrogens with zero attached hydrogens (tertiary/aromatic N) is 2. The Morgan fingerprint density at radius 1 is 0.963 bits per heavy atom. The van der Waals surface area contributed by atoms with E-state index in [2.05, 4.69) is 5.32 Å². The fourth-order valence-electron chi connectivity index (χ4n) is 3.05. The third-order valence-corrected chi connectivity index (χ3v) is 4.75. The van der Waals surface area contributed by atoms with E-state index in [0.29, 0.717) is 31.7 Å². The van der Waals surface area contributed by atoms with Gasteiger partial charge < -0.3 is 10.2 Å². The number of para-hydroxylation sites is 1. The molecule has 27 heavy (non-hydrogen) atoms. The first-order valence-corrected chi connectivity index (χ1v) is 8.80. The van der Waals surface area contributed by atoms with Crippen LogP contribution in [0.5, 0.6) is 0 Å². The molecular formula is C20H21F2N3O2. The quantitative estimate of drug-likeness (QED) is 0.897. The molecule has 7 heteroatoms. The van der Waals surface area contributed by atoms with Crippen LogP contribution in [0, 0.1) is 11.6 Å². The number of carbonyl (C=O) groups is 2. The molecule has 1 aliphatic rings. The molecule has 1 atom stereocenters. The van der Waals surface area contributed by atoms with Gasteiger partial charge in [0, 0.05) is 31.7 Å². The summed E-state index contributed by atoms with van der Waals surface area (Å²) < 4.78 is 26.7. The van der Waals surface area contributed by atoms with Crippen LogP contribution in [-0.2, 0) is 4.79 Å². The Kier molecular flexibility index (Phi) is 5.81. The Labute approximate surface area is 156 Å². The summed E-state index contributed by atoms with van der Waals surface area (Å²) in [5.41, 5.74) is 0.592. The fraction of sp³-hybridized carbons (Fsp3) is 0.300. The average Bonchev–Trinajstić information content (AvgIpc) is 2.69. The molecule has 1 fully saturated rings. The zero-order valence-corrected chi connectivity index (χ0v) is 15.0. The SMILES string of the molecule is CC(C(=O)Nc1ccccc1F)N1CCN(C(=O)c2ccc(F)cc2)CC1. The van der Waals surface area contributed by atoms with Crippen molar-refractivity contribution in [2.75, 3.05) is 31.5 Å². The molecule has 0 aliphatic carbocycles. The summed E-state index contributed by atoms with van der Waals surface area (Å²) in [5.74, 6) is -1.31. The van der Waals surface area contributed by atoms with Gasteiger partial charge in [-0.15, -0.1) is 0 Å². The van der Waals surface area contributed by atoms with E-state index in [1.54, 1.807) is 24.0 Å². The zero-order valence-electron chi connectivity index (χ0n) is 15.0. The second-order valence-corrected chi connectivity index (χ2v) is 6.48. The summed E-state index contributed by atoms with van der Waals surface area (Å²) in [6.07, 6.45) is 0. The highest BCUT2D eigenvalue weighted by Gasteiger charge is 2.28. The summed E-state index contributed by atoms with van der Waals surface area (Å²) in [5, 5.41) is 2.60. The first-order chi connectivity index (χ1) is 13.0. The monoisotopic (exact) mass is 373 g/mol. The summed E-state index contributed by atoms with van der Waals surface area (Å²) >= 11 is 0. The summed E-state index contributed by atoms with van der Waals surface area (Å²) in [6, 6.07) is 11.0. The van der Waals surface area contributed by atoms with Crippen LogP contribution < -0.4 is 5.32 Å². The zero-order chi connectivity index (χ0) is 19.4. The molecule has 1 heterocycles. The minimum absolute atomic E-state index is 0.152. The molecule has 5 nitrogen and oxygen atoms in total. The van der Waals surface area contributed by atoms with Crippen LogP contribution in [0.15, 0.2) is 48.5 Å². The van der Waals surface area contributed by atoms with Crippen molar-refractivity contribution in [1.29, 1.82) is 0 Å². The van der Waals surface area contributed by atoms with Crippen molar-refractivity contribution in [2.24, 2.45) is 0 Å². The molecule has 2 aromatic rings. The van der Waals surface area contributed by atoms with Crippen LogP contribution in [0.3, 0.4) is 0 Å². The number of benzene rings is 2. The van der Waals surface area contributed by atoms with Gasteiger partial charge in [0.2, 0.25) is 5.91 Å². The van der Waals surface area contributed by atoms with Crippen molar-refractivity contribution < 1.29 is 18.4 Å². The van der Waals surface area contributed by atoms with Gasteiger partial charge in [-0.05, 0) is 43.3 Å². The number of amides is 2. The van der Waals surface area contributed by atoms with Crippen molar-refractivity contribution in [2.45, 2.75) is 13.0 Å². The molecule has 2 aromatic carbocycles. The summed E-state index contributed by atoms with van der Waals surface area (Å²) in [4.78, 5) is 28.5. The minimum Gasteiger partial charge on any atom is -0.336 e. The van der Waals surface area contributed by atoms with E-state index in [4.69, 9.17) is 0 Å². The van der Waals surface area contributed by atoms with Gasteiger partial charge in [-0.25, -0.2) is 8.78 Å². The predicted molar refractivity (Wildman–Crippen MR) is 98.4 cm³/mol. The minimum atomic E-state index is -0.479. The number of anilines is 1. The highest BCUT2D eigenvalue weighted by molar-refractivity contribution is 5.95. The third-order valence-electron chi connectivity index (χ3n) is 4.75. The van der Waals surface area contributed by atoms with E-state index in [-0.39, 0.29) is 23.3 Å². The molecule has 0 saturated carbocycles. The Balaban J connectivity index is 1.55. The maximum Gasteiger partial charge on any atom is 0.253 e. The first-order valence-electron chi connectivity index (χ1n) is 8.80. The number of piperazine rings is 1. The van der Waals surface area contributed by atoms with Gasteiger partial charge in [-0.3, -0.25) is 14.5 Å². The lowest BCUT2D eigenvalue weighted by molar-refractivity contribution is -0.121. The molecule has 1 saturated heterocycles. The Bertz CT molecular complexity index is 818. The van der Waals surface area contributed by atoms with E-state index >= 15 is 0 Å². The van der Waals surface area contributed by atoms with E-state index in [0.717, 1.165) is 0 Å². The number of halogens is 2. The van der Waals surface area contributed by atoms with E-state index in [9.17, 15) is 18.4 Å². The van der Waals surface area contributed by atoms with Crippen molar-refractivity contribution in [1.82, 2.24) is 9.80 Å². The van der Waals surface area contributed by atoms with Gasteiger partial charge in [0.25, 0.3) is 5.91 Å². The summed E-state index contributed by atoms with van der Waals surface area (Å²) in [7, 11) is 0. The largest absolute Gasteiger partial charge is 0.336 e. The molecule has 2 amide bonds. The maximum atomic E-state index is 13.7. The molecule has 0 aromatic heterocycles. The number of carbonyl (C=O) groups excluding carboxylic acids is 2. The predicted octanol–water partition coefficient (Wildman–Crippen LogP) is 2.75. The van der Waals surface area contributed by atoms with Crippen molar-refractivity contribution in [3.63, 3.8) is 0 Å². The normalized spacial score (nSPS) is 16.0. The second-order valence-electron chi connectivity index (χ2n) is 6.48. The molecule has 0 bridgehead atoms. The highest BCUT2D eigenvalue weighted by Crippen LogP contribution is 2.15. The molecular weight excluding hydrogens is 352 g/mol. The number of nitrogens with one attached hydrogen (secondary N) is 1. The van der Waals surface area contributed by atoms with Gasteiger partial charge in [0.1, 0.15) is 11.6 Å². The number of hydrogen-bond acceptors (Lipinski definition) is 3. The van der Waals surface area contributed by atoms with Crippen LogP contribution in [-0.4, -0.2) is 53.8 Å². The Hall–Kier alpha value is -2.80. The van der Waals surface area contributed by atoms with Crippen molar-refractivity contribution in [3.05, 3.63) is 65.7 Å². The number of hydrogen-bond donors (Lipinski definition) is 1.